The number of alkyl halides is 3. The number of ether oxygens (including phenoxy) is 2. The number of carbonyl (C=O) groups is 2. The Bertz CT molecular complexity index is 990. The molecule has 0 radical (unpaired) electrons. The zero-order chi connectivity index (χ0) is 22.1. The molecule has 3 heterocycles. The Hall–Kier alpha value is -3.05. The van der Waals surface area contributed by atoms with Crippen molar-refractivity contribution in [2.45, 2.75) is 44.9 Å². The van der Waals surface area contributed by atoms with E-state index in [1.165, 1.54) is 10.6 Å². The number of hydrogen-bond acceptors (Lipinski definition) is 6. The predicted molar refractivity (Wildman–Crippen MR) is 97.3 cm³/mol. The number of amides is 1. The lowest BCUT2D eigenvalue weighted by molar-refractivity contribution is -0.161. The molecule has 164 valence electrons. The van der Waals surface area contributed by atoms with Gasteiger partial charge in [0.25, 0.3) is 5.56 Å². The molecule has 0 spiro atoms. The molecule has 1 aliphatic rings. The second kappa shape index (κ2) is 8.36. The third kappa shape index (κ3) is 4.92. The van der Waals surface area contributed by atoms with E-state index in [0.717, 1.165) is 6.20 Å². The lowest BCUT2D eigenvalue weighted by Gasteiger charge is -2.31. The van der Waals surface area contributed by atoms with Crippen molar-refractivity contribution in [3.05, 3.63) is 33.9 Å². The maximum Gasteiger partial charge on any atom is 0.422 e. The molecule has 1 fully saturated rings. The fourth-order valence-corrected chi connectivity index (χ4v) is 3.31. The van der Waals surface area contributed by atoms with E-state index in [1.54, 1.807) is 18.7 Å². The molecule has 1 saturated heterocycles. The minimum atomic E-state index is -4.66. The molecule has 0 aliphatic carbocycles. The van der Waals surface area contributed by atoms with Gasteiger partial charge in [-0.05, 0) is 26.7 Å². The Morgan fingerprint density at radius 3 is 2.57 bits per heavy atom. The van der Waals surface area contributed by atoms with Gasteiger partial charge in [-0.3, -0.25) is 4.79 Å². The Balaban J connectivity index is 1.80. The summed E-state index contributed by atoms with van der Waals surface area (Å²) in [6.07, 6.45) is -3.20. The Morgan fingerprint density at radius 1 is 1.30 bits per heavy atom. The van der Waals surface area contributed by atoms with Gasteiger partial charge in [-0.1, -0.05) is 0 Å². The number of nitrogens with one attached hydrogen (secondary N) is 1. The first kappa shape index (κ1) is 21.7. The van der Waals surface area contributed by atoms with Gasteiger partial charge >= 0.3 is 18.2 Å². The van der Waals surface area contributed by atoms with Crippen LogP contribution in [0.15, 0.2) is 17.1 Å². The number of halogens is 3. The van der Waals surface area contributed by atoms with E-state index in [0.29, 0.717) is 31.6 Å². The number of carbonyl (C=O) groups excluding carboxylic acids is 2. The highest BCUT2D eigenvalue weighted by Gasteiger charge is 2.31. The second-order valence-electron chi connectivity index (χ2n) is 7.26. The van der Waals surface area contributed by atoms with Crippen molar-refractivity contribution in [2.75, 3.05) is 19.7 Å². The van der Waals surface area contributed by atoms with Crippen molar-refractivity contribution >= 4 is 17.7 Å². The number of nitrogens with zero attached hydrogens (tertiary/aromatic N) is 3. The number of H-pyrrole nitrogens is 1. The summed E-state index contributed by atoms with van der Waals surface area (Å²) in [6.45, 7) is 2.59. The summed E-state index contributed by atoms with van der Waals surface area (Å²) in [5, 5.41) is 4.05. The van der Waals surface area contributed by atoms with E-state index in [4.69, 9.17) is 4.74 Å². The van der Waals surface area contributed by atoms with E-state index in [1.807, 2.05) is 0 Å². The molecular formula is C18H21F3N4O5. The van der Waals surface area contributed by atoms with Crippen LogP contribution in [0.4, 0.5) is 18.0 Å². The van der Waals surface area contributed by atoms with Crippen LogP contribution in [0.3, 0.4) is 0 Å². The van der Waals surface area contributed by atoms with Gasteiger partial charge in [0.2, 0.25) is 0 Å². The zero-order valence-corrected chi connectivity index (χ0v) is 16.4. The van der Waals surface area contributed by atoms with Gasteiger partial charge in [-0.25, -0.2) is 14.1 Å². The summed E-state index contributed by atoms with van der Waals surface area (Å²) in [5.41, 5.74) is -0.326. The molecule has 1 aliphatic heterocycles. The van der Waals surface area contributed by atoms with Gasteiger partial charge in [0.1, 0.15) is 5.56 Å². The molecule has 0 bridgehead atoms. The fraction of sp³-hybridized carbons (Fsp3) is 0.556. The molecule has 0 unspecified atom stereocenters. The van der Waals surface area contributed by atoms with Crippen LogP contribution < -0.4 is 5.56 Å². The maximum atomic E-state index is 12.3. The lowest BCUT2D eigenvalue weighted by Crippen LogP contribution is -2.39. The largest absolute Gasteiger partial charge is 0.452 e. The zero-order valence-electron chi connectivity index (χ0n) is 16.4. The molecule has 2 aromatic heterocycles. The molecule has 2 aromatic rings. The minimum absolute atomic E-state index is 0.0358. The van der Waals surface area contributed by atoms with Crippen LogP contribution in [0.1, 0.15) is 48.7 Å². The number of rotatable bonds is 4. The smallest absolute Gasteiger partial charge is 0.422 e. The molecule has 0 saturated carbocycles. The molecule has 0 atom stereocenters. The lowest BCUT2D eigenvalue weighted by atomic mass is 9.93. The summed E-state index contributed by atoms with van der Waals surface area (Å²) in [6, 6.07) is 1.33. The van der Waals surface area contributed by atoms with Crippen LogP contribution in [0.25, 0.3) is 5.65 Å². The highest BCUT2D eigenvalue weighted by Crippen LogP contribution is 2.28. The van der Waals surface area contributed by atoms with Gasteiger partial charge in [-0.15, -0.1) is 0 Å². The van der Waals surface area contributed by atoms with Gasteiger partial charge in [0.05, 0.1) is 18.0 Å². The number of fused-ring (bicyclic) bond motifs is 1. The summed E-state index contributed by atoms with van der Waals surface area (Å²) in [5.74, 6) is -1.38. The summed E-state index contributed by atoms with van der Waals surface area (Å²) in [4.78, 5) is 40.2. The number of aromatic nitrogens is 3. The standard InChI is InChI=1S/C18H21F3N4O5/c1-10(2)30-17(28)24-5-3-11(4-6-24)13-7-14(26)23-15-12(8-22-25(13)15)16(27)29-9-18(19,20)21/h7-8,10-11H,3-6,9H2,1-2H3,(H,23,26). The number of piperidine rings is 1. The van der Waals surface area contributed by atoms with Crippen LogP contribution in [-0.4, -0.2) is 63.5 Å². The Morgan fingerprint density at radius 2 is 1.97 bits per heavy atom. The average Bonchev–Trinajstić information content (AvgIpc) is 3.08. The highest BCUT2D eigenvalue weighted by molar-refractivity contribution is 5.95. The summed E-state index contributed by atoms with van der Waals surface area (Å²) >= 11 is 0. The van der Waals surface area contributed by atoms with Gasteiger partial charge in [-0.2, -0.15) is 18.3 Å². The number of aromatic amines is 1. The van der Waals surface area contributed by atoms with Crippen molar-refractivity contribution in [3.63, 3.8) is 0 Å². The highest BCUT2D eigenvalue weighted by atomic mass is 19.4. The molecule has 1 amide bonds. The summed E-state index contributed by atoms with van der Waals surface area (Å²) < 4.78 is 47.7. The summed E-state index contributed by atoms with van der Waals surface area (Å²) in [7, 11) is 0. The van der Waals surface area contributed by atoms with Gasteiger partial charge < -0.3 is 19.4 Å². The van der Waals surface area contributed by atoms with Crippen molar-refractivity contribution < 1.29 is 32.2 Å². The number of hydrogen-bond donors (Lipinski definition) is 1. The fourth-order valence-electron chi connectivity index (χ4n) is 3.31. The first-order valence-electron chi connectivity index (χ1n) is 9.35. The van der Waals surface area contributed by atoms with Gasteiger partial charge in [0, 0.05) is 25.1 Å². The van der Waals surface area contributed by atoms with Crippen molar-refractivity contribution in [3.8, 4) is 0 Å². The van der Waals surface area contributed by atoms with E-state index < -0.39 is 30.4 Å². The van der Waals surface area contributed by atoms with Gasteiger partial charge in [0.15, 0.2) is 12.3 Å². The number of esters is 1. The van der Waals surface area contributed by atoms with E-state index in [9.17, 15) is 27.6 Å². The predicted octanol–water partition coefficient (Wildman–Crippen LogP) is 2.47. The quantitative estimate of drug-likeness (QED) is 0.747. The van der Waals surface area contributed by atoms with E-state index in [-0.39, 0.29) is 23.2 Å². The first-order valence-corrected chi connectivity index (χ1v) is 9.35. The molecule has 12 heteroatoms. The molecule has 3 rings (SSSR count). The third-order valence-corrected chi connectivity index (χ3v) is 4.63. The molecule has 30 heavy (non-hydrogen) atoms. The van der Waals surface area contributed by atoms with Crippen molar-refractivity contribution in [1.82, 2.24) is 19.5 Å². The SMILES string of the molecule is CC(C)OC(=O)N1CCC(c2cc(=O)[nH]c3c(C(=O)OCC(F)(F)F)cnn23)CC1. The van der Waals surface area contributed by atoms with Crippen molar-refractivity contribution in [2.24, 2.45) is 0 Å². The molecule has 1 N–H and O–H groups in total. The van der Waals surface area contributed by atoms with E-state index in [2.05, 4.69) is 14.8 Å². The van der Waals surface area contributed by atoms with E-state index >= 15 is 0 Å². The first-order chi connectivity index (χ1) is 14.0. The monoisotopic (exact) mass is 430 g/mol. The maximum absolute atomic E-state index is 12.3. The normalized spacial score (nSPS) is 15.6. The molecule has 0 aromatic carbocycles. The molecular weight excluding hydrogens is 409 g/mol. The number of likely N-dealkylation sites (tertiary alicyclic amines) is 1. The van der Waals surface area contributed by atoms with Crippen LogP contribution in [0, 0.1) is 0 Å². The third-order valence-electron chi connectivity index (χ3n) is 4.63. The van der Waals surface area contributed by atoms with Crippen LogP contribution in [-0.2, 0) is 9.47 Å². The van der Waals surface area contributed by atoms with Crippen LogP contribution in [0.2, 0.25) is 0 Å². The Kier molecular flexibility index (Phi) is 6.04. The van der Waals surface area contributed by atoms with Crippen molar-refractivity contribution in [1.29, 1.82) is 0 Å². The van der Waals surface area contributed by atoms with Crippen LogP contribution in [0.5, 0.6) is 0 Å². The average molecular weight is 430 g/mol. The van der Waals surface area contributed by atoms with Crippen LogP contribution >= 0.6 is 0 Å². The minimum Gasteiger partial charge on any atom is -0.452 e. The Labute approximate surface area is 168 Å². The topological polar surface area (TPSA) is 106 Å². The second-order valence-corrected chi connectivity index (χ2v) is 7.26. The molecule has 9 nitrogen and oxygen atoms in total.